The van der Waals surface area contributed by atoms with Crippen LogP contribution >= 0.6 is 0 Å². The van der Waals surface area contributed by atoms with Gasteiger partial charge in [0.25, 0.3) is 0 Å². The lowest BCUT2D eigenvalue weighted by atomic mass is 9.77. The van der Waals surface area contributed by atoms with E-state index in [0.29, 0.717) is 5.41 Å². The third-order valence-electron chi connectivity index (χ3n) is 4.19. The SMILES string of the molecule is CC1(C)C=C(B2OC(C)(C)C(C)(C)O2)CC1. The van der Waals surface area contributed by atoms with Gasteiger partial charge in [0.2, 0.25) is 0 Å². The summed E-state index contributed by atoms with van der Waals surface area (Å²) < 4.78 is 12.1. The van der Waals surface area contributed by atoms with Crippen molar-refractivity contribution in [1.29, 1.82) is 0 Å². The van der Waals surface area contributed by atoms with Crippen molar-refractivity contribution in [1.82, 2.24) is 0 Å². The van der Waals surface area contributed by atoms with Crippen molar-refractivity contribution in [2.24, 2.45) is 5.41 Å². The molecule has 16 heavy (non-hydrogen) atoms. The van der Waals surface area contributed by atoms with Gasteiger partial charge >= 0.3 is 7.12 Å². The van der Waals surface area contributed by atoms with Crippen molar-refractivity contribution >= 4 is 7.12 Å². The summed E-state index contributed by atoms with van der Waals surface area (Å²) in [5, 5.41) is 0. The Hall–Kier alpha value is -0.275. The van der Waals surface area contributed by atoms with Crippen LogP contribution in [0.3, 0.4) is 0 Å². The maximum Gasteiger partial charge on any atom is 0.490 e. The van der Waals surface area contributed by atoms with E-state index in [4.69, 9.17) is 9.31 Å². The van der Waals surface area contributed by atoms with Crippen LogP contribution in [0.5, 0.6) is 0 Å². The molecule has 2 nitrogen and oxygen atoms in total. The van der Waals surface area contributed by atoms with E-state index in [-0.39, 0.29) is 18.3 Å². The lowest BCUT2D eigenvalue weighted by Crippen LogP contribution is -2.41. The van der Waals surface area contributed by atoms with Crippen molar-refractivity contribution in [3.63, 3.8) is 0 Å². The van der Waals surface area contributed by atoms with Crippen molar-refractivity contribution in [2.75, 3.05) is 0 Å². The average Bonchev–Trinajstić information content (AvgIpc) is 2.52. The summed E-state index contributed by atoms with van der Waals surface area (Å²) in [6.45, 7) is 13.0. The van der Waals surface area contributed by atoms with E-state index in [0.717, 1.165) is 6.42 Å². The van der Waals surface area contributed by atoms with E-state index in [1.54, 1.807) is 0 Å². The molecule has 0 aromatic carbocycles. The van der Waals surface area contributed by atoms with Gasteiger partial charge < -0.3 is 9.31 Å². The first kappa shape index (κ1) is 12.2. The summed E-state index contributed by atoms with van der Waals surface area (Å²) in [6, 6.07) is 0. The van der Waals surface area contributed by atoms with E-state index in [9.17, 15) is 0 Å². The molecular formula is C13H23BO2. The average molecular weight is 222 g/mol. The lowest BCUT2D eigenvalue weighted by molar-refractivity contribution is 0.00578. The Bertz CT molecular complexity index is 313. The second-order valence-corrected chi connectivity index (χ2v) is 6.80. The zero-order valence-electron chi connectivity index (χ0n) is 11.4. The van der Waals surface area contributed by atoms with Crippen molar-refractivity contribution in [3.05, 3.63) is 11.5 Å². The van der Waals surface area contributed by atoms with Crippen LogP contribution < -0.4 is 0 Å². The molecule has 1 heterocycles. The predicted octanol–water partition coefficient (Wildman–Crippen LogP) is 3.36. The Morgan fingerprint density at radius 2 is 1.50 bits per heavy atom. The number of hydrogen-bond acceptors (Lipinski definition) is 2. The fraction of sp³-hybridized carbons (Fsp3) is 0.846. The van der Waals surface area contributed by atoms with Gasteiger partial charge in [0, 0.05) is 0 Å². The van der Waals surface area contributed by atoms with Crippen LogP contribution in [0.1, 0.15) is 54.4 Å². The molecule has 0 atom stereocenters. The van der Waals surface area contributed by atoms with Gasteiger partial charge in [-0.1, -0.05) is 19.9 Å². The van der Waals surface area contributed by atoms with Gasteiger partial charge in [-0.2, -0.15) is 0 Å². The Kier molecular flexibility index (Phi) is 2.56. The number of allylic oxidation sites excluding steroid dienone is 2. The molecule has 2 aliphatic rings. The maximum atomic E-state index is 6.05. The summed E-state index contributed by atoms with van der Waals surface area (Å²) in [7, 11) is -0.133. The highest BCUT2D eigenvalue weighted by atomic mass is 16.7. The zero-order valence-corrected chi connectivity index (χ0v) is 11.4. The van der Waals surface area contributed by atoms with E-state index >= 15 is 0 Å². The Labute approximate surface area is 99.5 Å². The highest BCUT2D eigenvalue weighted by Crippen LogP contribution is 2.43. The summed E-state index contributed by atoms with van der Waals surface area (Å²) in [4.78, 5) is 0. The highest BCUT2D eigenvalue weighted by Gasteiger charge is 2.53. The van der Waals surface area contributed by atoms with Crippen LogP contribution in [0, 0.1) is 5.41 Å². The molecule has 0 saturated carbocycles. The minimum atomic E-state index is -0.217. The Balaban J connectivity index is 2.16. The number of hydrogen-bond donors (Lipinski definition) is 0. The molecule has 1 aliphatic heterocycles. The summed E-state index contributed by atoms with van der Waals surface area (Å²) in [5.41, 5.74) is 1.19. The molecule has 0 aromatic rings. The molecule has 1 saturated heterocycles. The smallest absolute Gasteiger partial charge is 0.400 e. The normalized spacial score (nSPS) is 30.6. The van der Waals surface area contributed by atoms with Crippen molar-refractivity contribution in [2.45, 2.75) is 65.6 Å². The Morgan fingerprint density at radius 3 is 1.88 bits per heavy atom. The van der Waals surface area contributed by atoms with Crippen molar-refractivity contribution in [3.8, 4) is 0 Å². The second kappa shape index (κ2) is 3.36. The van der Waals surface area contributed by atoms with Gasteiger partial charge in [-0.25, -0.2) is 0 Å². The largest absolute Gasteiger partial charge is 0.490 e. The van der Waals surface area contributed by atoms with Crippen LogP contribution in [0.25, 0.3) is 0 Å². The van der Waals surface area contributed by atoms with Crippen LogP contribution in [0.15, 0.2) is 11.5 Å². The molecule has 3 heteroatoms. The fourth-order valence-corrected chi connectivity index (χ4v) is 2.29. The van der Waals surface area contributed by atoms with E-state index in [1.807, 2.05) is 0 Å². The monoisotopic (exact) mass is 222 g/mol. The quantitative estimate of drug-likeness (QED) is 0.633. The molecule has 0 amide bonds. The summed E-state index contributed by atoms with van der Waals surface area (Å²) >= 11 is 0. The zero-order chi connectivity index (χ0) is 12.2. The summed E-state index contributed by atoms with van der Waals surface area (Å²) in [5.74, 6) is 0. The van der Waals surface area contributed by atoms with Gasteiger partial charge in [-0.15, -0.1) is 0 Å². The van der Waals surface area contributed by atoms with Crippen LogP contribution in [0.2, 0.25) is 0 Å². The lowest BCUT2D eigenvalue weighted by Gasteiger charge is -2.32. The van der Waals surface area contributed by atoms with Gasteiger partial charge in [-0.3, -0.25) is 0 Å². The van der Waals surface area contributed by atoms with E-state index < -0.39 is 0 Å². The first-order valence-electron chi connectivity index (χ1n) is 6.20. The van der Waals surface area contributed by atoms with Crippen LogP contribution in [-0.2, 0) is 9.31 Å². The molecule has 0 aromatic heterocycles. The molecule has 2 rings (SSSR count). The minimum absolute atomic E-state index is 0.133. The molecule has 0 N–H and O–H groups in total. The fourth-order valence-electron chi connectivity index (χ4n) is 2.29. The van der Waals surface area contributed by atoms with E-state index in [1.165, 1.54) is 11.9 Å². The van der Waals surface area contributed by atoms with Crippen LogP contribution in [-0.4, -0.2) is 18.3 Å². The molecule has 0 unspecified atom stereocenters. The number of rotatable bonds is 1. The predicted molar refractivity (Wildman–Crippen MR) is 67.2 cm³/mol. The third kappa shape index (κ3) is 1.95. The molecule has 0 spiro atoms. The van der Waals surface area contributed by atoms with Gasteiger partial charge in [-0.05, 0) is 51.4 Å². The molecule has 1 fully saturated rings. The standard InChI is InChI=1S/C13H23BO2/c1-11(2)8-7-10(9-11)14-15-12(3,4)13(5,6)16-14/h9H,7-8H2,1-6H3. The van der Waals surface area contributed by atoms with Gasteiger partial charge in [0.15, 0.2) is 0 Å². The Morgan fingerprint density at radius 1 is 1.00 bits per heavy atom. The highest BCUT2D eigenvalue weighted by molar-refractivity contribution is 6.54. The van der Waals surface area contributed by atoms with Crippen molar-refractivity contribution < 1.29 is 9.31 Å². The van der Waals surface area contributed by atoms with Gasteiger partial charge in [0.05, 0.1) is 11.2 Å². The van der Waals surface area contributed by atoms with E-state index in [2.05, 4.69) is 47.6 Å². The van der Waals surface area contributed by atoms with Gasteiger partial charge in [0.1, 0.15) is 0 Å². The molecule has 1 aliphatic carbocycles. The molecular weight excluding hydrogens is 199 g/mol. The molecule has 90 valence electrons. The first-order chi connectivity index (χ1) is 7.13. The maximum absolute atomic E-state index is 6.05. The second-order valence-electron chi connectivity index (χ2n) is 6.80. The minimum Gasteiger partial charge on any atom is -0.400 e. The molecule has 0 bridgehead atoms. The summed E-state index contributed by atoms with van der Waals surface area (Å²) in [6.07, 6.45) is 4.63. The third-order valence-corrected chi connectivity index (χ3v) is 4.19. The first-order valence-corrected chi connectivity index (χ1v) is 6.20. The molecule has 0 radical (unpaired) electrons. The topological polar surface area (TPSA) is 18.5 Å². The van der Waals surface area contributed by atoms with Crippen LogP contribution in [0.4, 0.5) is 0 Å².